The minimum Gasteiger partial charge on any atom is -0.423 e. The van der Waals surface area contributed by atoms with Gasteiger partial charge in [-0.2, -0.15) is 0 Å². The first-order valence-electron chi connectivity index (χ1n) is 3.95. The number of nitrogens with zero attached hydrogens (tertiary/aromatic N) is 2. The molecule has 0 aliphatic heterocycles. The monoisotopic (exact) mass is 176 g/mol. The minimum atomic E-state index is -1.42. The summed E-state index contributed by atoms with van der Waals surface area (Å²) >= 11 is 0. The Hall–Kier alpha value is -1.33. The van der Waals surface area contributed by atoms with E-state index in [-0.39, 0.29) is 0 Å². The highest BCUT2D eigenvalue weighted by Crippen LogP contribution is 2.08. The highest BCUT2D eigenvalue weighted by atomic mass is 16.4. The Bertz CT molecular complexity index is 439. The molecule has 66 valence electrons. The van der Waals surface area contributed by atoms with Crippen LogP contribution in [0.2, 0.25) is 0 Å². The molecule has 2 rings (SSSR count). The van der Waals surface area contributed by atoms with E-state index in [1.807, 2.05) is 17.7 Å². The SMILES string of the molecule is Cn1cnc2cc(B(O)O)ccc21. The van der Waals surface area contributed by atoms with Crippen LogP contribution in [0.4, 0.5) is 0 Å². The summed E-state index contributed by atoms with van der Waals surface area (Å²) in [5, 5.41) is 17.8. The summed E-state index contributed by atoms with van der Waals surface area (Å²) in [6.45, 7) is 0. The number of aryl methyl sites for hydroxylation is 1. The molecule has 0 spiro atoms. The zero-order chi connectivity index (χ0) is 9.42. The maximum atomic E-state index is 8.91. The highest BCUT2D eigenvalue weighted by molar-refractivity contribution is 6.58. The van der Waals surface area contributed by atoms with Crippen molar-refractivity contribution < 1.29 is 10.0 Å². The van der Waals surface area contributed by atoms with E-state index in [2.05, 4.69) is 4.98 Å². The van der Waals surface area contributed by atoms with Gasteiger partial charge in [0.1, 0.15) is 0 Å². The molecule has 1 aromatic carbocycles. The topological polar surface area (TPSA) is 58.3 Å². The smallest absolute Gasteiger partial charge is 0.423 e. The molecule has 0 saturated heterocycles. The average molecular weight is 176 g/mol. The third kappa shape index (κ3) is 1.32. The standard InChI is InChI=1S/C8H9BN2O2/c1-11-5-10-7-4-6(9(12)13)2-3-8(7)11/h2-5,12-13H,1H3. The second-order valence-corrected chi connectivity index (χ2v) is 2.98. The molecular weight excluding hydrogens is 167 g/mol. The van der Waals surface area contributed by atoms with E-state index in [1.54, 1.807) is 18.5 Å². The number of rotatable bonds is 1. The molecule has 0 bridgehead atoms. The van der Waals surface area contributed by atoms with Crippen LogP contribution in [0.5, 0.6) is 0 Å². The highest BCUT2D eigenvalue weighted by Gasteiger charge is 2.11. The summed E-state index contributed by atoms with van der Waals surface area (Å²) in [6, 6.07) is 5.16. The lowest BCUT2D eigenvalue weighted by Gasteiger charge is -1.98. The number of aromatic nitrogens is 2. The molecule has 1 aromatic heterocycles. The number of fused-ring (bicyclic) bond motifs is 1. The molecule has 2 N–H and O–H groups in total. The van der Waals surface area contributed by atoms with E-state index < -0.39 is 7.12 Å². The van der Waals surface area contributed by atoms with Crippen LogP contribution in [0.25, 0.3) is 11.0 Å². The molecule has 0 fully saturated rings. The lowest BCUT2D eigenvalue weighted by atomic mass is 9.80. The molecule has 5 heteroatoms. The Labute approximate surface area is 75.6 Å². The van der Waals surface area contributed by atoms with E-state index in [1.165, 1.54) is 0 Å². The van der Waals surface area contributed by atoms with Gasteiger partial charge in [-0.05, 0) is 17.6 Å². The van der Waals surface area contributed by atoms with Gasteiger partial charge in [0.15, 0.2) is 0 Å². The van der Waals surface area contributed by atoms with Crippen molar-refractivity contribution in [3.63, 3.8) is 0 Å². The second kappa shape index (κ2) is 2.87. The van der Waals surface area contributed by atoms with Gasteiger partial charge >= 0.3 is 7.12 Å². The van der Waals surface area contributed by atoms with Gasteiger partial charge in [-0.3, -0.25) is 0 Å². The molecule has 0 saturated carbocycles. The maximum absolute atomic E-state index is 8.91. The van der Waals surface area contributed by atoms with E-state index in [0.29, 0.717) is 5.46 Å². The lowest BCUT2D eigenvalue weighted by molar-refractivity contribution is 0.426. The van der Waals surface area contributed by atoms with Crippen LogP contribution in [-0.2, 0) is 7.05 Å². The fraction of sp³-hybridized carbons (Fsp3) is 0.125. The van der Waals surface area contributed by atoms with Crippen molar-refractivity contribution >= 4 is 23.6 Å². The molecule has 13 heavy (non-hydrogen) atoms. The Morgan fingerprint density at radius 2 is 2.15 bits per heavy atom. The Balaban J connectivity index is 2.63. The van der Waals surface area contributed by atoms with Crippen LogP contribution in [-0.4, -0.2) is 26.7 Å². The summed E-state index contributed by atoms with van der Waals surface area (Å²) in [4.78, 5) is 4.10. The van der Waals surface area contributed by atoms with Crippen molar-refractivity contribution in [1.29, 1.82) is 0 Å². The van der Waals surface area contributed by atoms with Gasteiger partial charge in [0, 0.05) is 7.05 Å². The molecule has 0 amide bonds. The lowest BCUT2D eigenvalue weighted by Crippen LogP contribution is -2.29. The van der Waals surface area contributed by atoms with Gasteiger partial charge in [0.2, 0.25) is 0 Å². The predicted molar refractivity (Wildman–Crippen MR) is 50.5 cm³/mol. The van der Waals surface area contributed by atoms with Gasteiger partial charge in [-0.1, -0.05) is 6.07 Å². The third-order valence-corrected chi connectivity index (χ3v) is 2.05. The molecular formula is C8H9BN2O2. The summed E-state index contributed by atoms with van der Waals surface area (Å²) in [7, 11) is 0.469. The fourth-order valence-electron chi connectivity index (χ4n) is 1.31. The number of hydrogen-bond donors (Lipinski definition) is 2. The summed E-state index contributed by atoms with van der Waals surface area (Å²) in [5.41, 5.74) is 2.21. The Morgan fingerprint density at radius 3 is 2.85 bits per heavy atom. The van der Waals surface area contributed by atoms with E-state index >= 15 is 0 Å². The van der Waals surface area contributed by atoms with Crippen molar-refractivity contribution in [2.24, 2.45) is 7.05 Å². The molecule has 0 radical (unpaired) electrons. The van der Waals surface area contributed by atoms with E-state index in [4.69, 9.17) is 10.0 Å². The molecule has 2 aromatic rings. The zero-order valence-electron chi connectivity index (χ0n) is 7.18. The fourth-order valence-corrected chi connectivity index (χ4v) is 1.31. The van der Waals surface area contributed by atoms with E-state index in [0.717, 1.165) is 11.0 Å². The zero-order valence-corrected chi connectivity index (χ0v) is 7.18. The first-order chi connectivity index (χ1) is 6.18. The summed E-state index contributed by atoms with van der Waals surface area (Å²) < 4.78 is 1.88. The van der Waals surface area contributed by atoms with Gasteiger partial charge in [0.05, 0.1) is 17.4 Å². The van der Waals surface area contributed by atoms with Crippen molar-refractivity contribution in [2.45, 2.75) is 0 Å². The third-order valence-electron chi connectivity index (χ3n) is 2.05. The summed E-state index contributed by atoms with van der Waals surface area (Å²) in [6.07, 6.45) is 1.69. The number of hydrogen-bond acceptors (Lipinski definition) is 3. The maximum Gasteiger partial charge on any atom is 0.488 e. The molecule has 0 aliphatic rings. The number of benzene rings is 1. The molecule has 0 atom stereocenters. The molecule has 0 unspecified atom stereocenters. The molecule has 4 nitrogen and oxygen atoms in total. The van der Waals surface area contributed by atoms with Crippen LogP contribution in [0.1, 0.15) is 0 Å². The molecule has 0 aliphatic carbocycles. The summed E-state index contributed by atoms with van der Waals surface area (Å²) in [5.74, 6) is 0. The molecule has 1 heterocycles. The van der Waals surface area contributed by atoms with Crippen LogP contribution in [0.15, 0.2) is 24.5 Å². The Kier molecular flexibility index (Phi) is 1.83. The normalized spacial score (nSPS) is 10.7. The van der Waals surface area contributed by atoms with Crippen LogP contribution in [0.3, 0.4) is 0 Å². The van der Waals surface area contributed by atoms with Gasteiger partial charge in [0.25, 0.3) is 0 Å². The predicted octanol–water partition coefficient (Wildman–Crippen LogP) is -0.747. The van der Waals surface area contributed by atoms with E-state index in [9.17, 15) is 0 Å². The average Bonchev–Trinajstić information content (AvgIpc) is 2.47. The van der Waals surface area contributed by atoms with Gasteiger partial charge < -0.3 is 14.6 Å². The van der Waals surface area contributed by atoms with Crippen LogP contribution in [0, 0.1) is 0 Å². The Morgan fingerprint density at radius 1 is 1.38 bits per heavy atom. The minimum absolute atomic E-state index is 0.464. The van der Waals surface area contributed by atoms with Crippen molar-refractivity contribution in [3.8, 4) is 0 Å². The van der Waals surface area contributed by atoms with Gasteiger partial charge in [-0.15, -0.1) is 0 Å². The first-order valence-corrected chi connectivity index (χ1v) is 3.95. The van der Waals surface area contributed by atoms with Crippen LogP contribution < -0.4 is 5.46 Å². The van der Waals surface area contributed by atoms with Crippen molar-refractivity contribution in [3.05, 3.63) is 24.5 Å². The quantitative estimate of drug-likeness (QED) is 0.562. The van der Waals surface area contributed by atoms with Gasteiger partial charge in [-0.25, -0.2) is 4.98 Å². The second-order valence-electron chi connectivity index (χ2n) is 2.98. The number of imidazole rings is 1. The van der Waals surface area contributed by atoms with Crippen molar-refractivity contribution in [1.82, 2.24) is 9.55 Å². The largest absolute Gasteiger partial charge is 0.488 e. The van der Waals surface area contributed by atoms with Crippen molar-refractivity contribution in [2.75, 3.05) is 0 Å². The first kappa shape index (κ1) is 8.28. The van der Waals surface area contributed by atoms with Crippen LogP contribution >= 0.6 is 0 Å².